The Balaban J connectivity index is 1.78. The van der Waals surface area contributed by atoms with Crippen LogP contribution in [0, 0.1) is 0 Å². The zero-order valence-electron chi connectivity index (χ0n) is 14.0. The van der Waals surface area contributed by atoms with Gasteiger partial charge in [0.2, 0.25) is 0 Å². The minimum atomic E-state index is -0.226. The highest BCUT2D eigenvalue weighted by Gasteiger charge is 2.24. The summed E-state index contributed by atoms with van der Waals surface area (Å²) in [6.07, 6.45) is -0.226. The van der Waals surface area contributed by atoms with Gasteiger partial charge in [0.05, 0.1) is 18.5 Å². The van der Waals surface area contributed by atoms with Crippen molar-refractivity contribution in [2.45, 2.75) is 6.17 Å². The molecule has 1 aliphatic heterocycles. The van der Waals surface area contributed by atoms with Gasteiger partial charge in [0.1, 0.15) is 5.75 Å². The highest BCUT2D eigenvalue weighted by molar-refractivity contribution is 6.54. The molecule has 0 spiro atoms. The van der Waals surface area contributed by atoms with E-state index in [1.165, 1.54) is 0 Å². The van der Waals surface area contributed by atoms with Crippen LogP contribution in [-0.4, -0.2) is 18.5 Å². The molecule has 0 atom stereocenters. The number of nitrogens with zero attached hydrogens (tertiary/aromatic N) is 2. The van der Waals surface area contributed by atoms with Crippen molar-refractivity contribution < 1.29 is 4.74 Å². The first-order valence-corrected chi connectivity index (χ1v) is 8.26. The molecule has 25 heavy (non-hydrogen) atoms. The van der Waals surface area contributed by atoms with Gasteiger partial charge in [-0.3, -0.25) is 9.98 Å². The molecule has 1 heterocycles. The molecule has 0 amide bonds. The van der Waals surface area contributed by atoms with Gasteiger partial charge in [-0.05, 0) is 17.7 Å². The molecule has 0 aromatic heterocycles. The lowest BCUT2D eigenvalue weighted by Crippen LogP contribution is -2.13. The van der Waals surface area contributed by atoms with Crippen molar-refractivity contribution in [3.8, 4) is 5.75 Å². The summed E-state index contributed by atoms with van der Waals surface area (Å²) in [4.78, 5) is 9.83. The molecular formula is C22H18N2O. The van der Waals surface area contributed by atoms with Crippen LogP contribution in [0.4, 0.5) is 0 Å². The average molecular weight is 326 g/mol. The number of aliphatic imine (C=N–C) groups is 2. The van der Waals surface area contributed by atoms with Crippen molar-refractivity contribution >= 4 is 11.4 Å². The maximum Gasteiger partial charge on any atom is 0.166 e. The lowest BCUT2D eigenvalue weighted by molar-refractivity contribution is 0.414. The van der Waals surface area contributed by atoms with Crippen LogP contribution in [0.25, 0.3) is 0 Å². The Hall–Kier alpha value is -3.20. The molecule has 1 aliphatic rings. The molecule has 0 unspecified atom stereocenters. The van der Waals surface area contributed by atoms with Crippen LogP contribution in [0.15, 0.2) is 94.9 Å². The summed E-state index contributed by atoms with van der Waals surface area (Å²) in [5.41, 5.74) is 5.10. The first-order chi connectivity index (χ1) is 12.3. The quantitative estimate of drug-likeness (QED) is 0.685. The molecule has 4 rings (SSSR count). The lowest BCUT2D eigenvalue weighted by Gasteiger charge is -2.05. The van der Waals surface area contributed by atoms with Crippen molar-refractivity contribution in [1.82, 2.24) is 0 Å². The predicted octanol–water partition coefficient (Wildman–Crippen LogP) is 4.69. The Labute approximate surface area is 147 Å². The maximum atomic E-state index is 5.24. The van der Waals surface area contributed by atoms with Gasteiger partial charge in [-0.2, -0.15) is 0 Å². The summed E-state index contributed by atoms with van der Waals surface area (Å²) in [6, 6.07) is 28.4. The van der Waals surface area contributed by atoms with Crippen molar-refractivity contribution in [3.63, 3.8) is 0 Å². The van der Waals surface area contributed by atoms with Gasteiger partial charge in [0, 0.05) is 11.1 Å². The molecule has 3 heteroatoms. The van der Waals surface area contributed by atoms with Crippen molar-refractivity contribution in [2.24, 2.45) is 9.98 Å². The highest BCUT2D eigenvalue weighted by Crippen LogP contribution is 2.29. The van der Waals surface area contributed by atoms with E-state index >= 15 is 0 Å². The van der Waals surface area contributed by atoms with E-state index in [0.717, 1.165) is 33.9 Å². The standard InChI is InChI=1S/C22H18N2O/c1-25-19-14-12-18(13-15-19)22-23-20(16-8-4-2-5-9-16)21(24-22)17-10-6-3-7-11-17/h2-15,22H,1H3. The van der Waals surface area contributed by atoms with E-state index in [-0.39, 0.29) is 6.17 Å². The van der Waals surface area contributed by atoms with Crippen LogP contribution in [0.1, 0.15) is 22.9 Å². The second-order valence-electron chi connectivity index (χ2n) is 5.83. The molecular weight excluding hydrogens is 308 g/mol. The monoisotopic (exact) mass is 326 g/mol. The Bertz CT molecular complexity index is 858. The van der Waals surface area contributed by atoms with Gasteiger partial charge >= 0.3 is 0 Å². The van der Waals surface area contributed by atoms with Gasteiger partial charge in [-0.25, -0.2) is 0 Å². The summed E-state index contributed by atoms with van der Waals surface area (Å²) in [7, 11) is 1.67. The first-order valence-electron chi connectivity index (χ1n) is 8.26. The topological polar surface area (TPSA) is 34.0 Å². The van der Waals surface area contributed by atoms with E-state index in [4.69, 9.17) is 14.7 Å². The predicted molar refractivity (Wildman–Crippen MR) is 102 cm³/mol. The van der Waals surface area contributed by atoms with E-state index in [1.54, 1.807) is 7.11 Å². The van der Waals surface area contributed by atoms with Crippen LogP contribution in [0.3, 0.4) is 0 Å². The van der Waals surface area contributed by atoms with Crippen LogP contribution >= 0.6 is 0 Å². The summed E-state index contributed by atoms with van der Waals surface area (Å²) in [5, 5.41) is 0. The second kappa shape index (κ2) is 6.73. The van der Waals surface area contributed by atoms with Crippen molar-refractivity contribution in [1.29, 1.82) is 0 Å². The molecule has 3 nitrogen and oxygen atoms in total. The zero-order chi connectivity index (χ0) is 17.1. The SMILES string of the molecule is COc1ccc(C2N=C(c3ccccc3)C(c3ccccc3)=N2)cc1. The molecule has 0 fully saturated rings. The minimum absolute atomic E-state index is 0.226. The van der Waals surface area contributed by atoms with Gasteiger partial charge in [-0.15, -0.1) is 0 Å². The summed E-state index contributed by atoms with van der Waals surface area (Å²) in [5.74, 6) is 0.835. The highest BCUT2D eigenvalue weighted by atomic mass is 16.5. The molecule has 0 bridgehead atoms. The third-order valence-corrected chi connectivity index (χ3v) is 4.24. The first kappa shape index (κ1) is 15.3. The number of rotatable bonds is 4. The van der Waals surface area contributed by atoms with E-state index in [9.17, 15) is 0 Å². The number of methoxy groups -OCH3 is 1. The Morgan fingerprint density at radius 1 is 0.640 bits per heavy atom. The van der Waals surface area contributed by atoms with Crippen LogP contribution in [0.5, 0.6) is 5.75 Å². The fourth-order valence-corrected chi connectivity index (χ4v) is 2.94. The number of benzene rings is 3. The third kappa shape index (κ3) is 3.09. The average Bonchev–Trinajstić information content (AvgIpc) is 3.15. The summed E-state index contributed by atoms with van der Waals surface area (Å²) >= 11 is 0. The van der Waals surface area contributed by atoms with Crippen LogP contribution in [0.2, 0.25) is 0 Å². The Morgan fingerprint density at radius 2 is 1.12 bits per heavy atom. The fraction of sp³-hybridized carbons (Fsp3) is 0.0909. The van der Waals surface area contributed by atoms with Gasteiger partial charge in [0.15, 0.2) is 6.17 Å². The smallest absolute Gasteiger partial charge is 0.166 e. The molecule has 3 aromatic carbocycles. The molecule has 0 radical (unpaired) electrons. The largest absolute Gasteiger partial charge is 0.497 e. The van der Waals surface area contributed by atoms with Gasteiger partial charge in [0.25, 0.3) is 0 Å². The van der Waals surface area contributed by atoms with E-state index in [2.05, 4.69) is 24.3 Å². The molecule has 3 aromatic rings. The Kier molecular flexibility index (Phi) is 4.13. The van der Waals surface area contributed by atoms with Gasteiger partial charge < -0.3 is 4.74 Å². The molecule has 0 saturated carbocycles. The number of hydrogen-bond donors (Lipinski definition) is 0. The molecule has 0 saturated heterocycles. The summed E-state index contributed by atoms with van der Waals surface area (Å²) in [6.45, 7) is 0. The zero-order valence-corrected chi connectivity index (χ0v) is 14.0. The van der Waals surface area contributed by atoms with E-state index < -0.39 is 0 Å². The van der Waals surface area contributed by atoms with E-state index in [1.807, 2.05) is 60.7 Å². The lowest BCUT2D eigenvalue weighted by atomic mass is 10.0. The minimum Gasteiger partial charge on any atom is -0.497 e. The normalized spacial score (nSPS) is 14.1. The second-order valence-corrected chi connectivity index (χ2v) is 5.83. The molecule has 122 valence electrons. The van der Waals surface area contributed by atoms with Gasteiger partial charge in [-0.1, -0.05) is 72.8 Å². The van der Waals surface area contributed by atoms with Crippen LogP contribution in [-0.2, 0) is 0 Å². The Morgan fingerprint density at radius 3 is 1.56 bits per heavy atom. The maximum absolute atomic E-state index is 5.24. The molecule has 0 N–H and O–H groups in total. The van der Waals surface area contributed by atoms with Crippen LogP contribution < -0.4 is 4.74 Å². The summed E-state index contributed by atoms with van der Waals surface area (Å²) < 4.78 is 5.24. The number of ether oxygens (including phenoxy) is 1. The number of hydrogen-bond acceptors (Lipinski definition) is 3. The molecule has 0 aliphatic carbocycles. The van der Waals surface area contributed by atoms with Crippen molar-refractivity contribution in [2.75, 3.05) is 7.11 Å². The van der Waals surface area contributed by atoms with E-state index in [0.29, 0.717) is 0 Å². The fourth-order valence-electron chi connectivity index (χ4n) is 2.94. The third-order valence-electron chi connectivity index (χ3n) is 4.24. The van der Waals surface area contributed by atoms with Crippen molar-refractivity contribution in [3.05, 3.63) is 102 Å².